The number of hydrogen-bond donors (Lipinski definition) is 1. The van der Waals surface area contributed by atoms with Crippen LogP contribution in [0.15, 0.2) is 12.3 Å². The maximum atomic E-state index is 10.8. The lowest BCUT2D eigenvalue weighted by Crippen LogP contribution is -2.23. The van der Waals surface area contributed by atoms with Crippen molar-refractivity contribution in [3.05, 3.63) is 23.8 Å². The molecule has 0 bridgehead atoms. The van der Waals surface area contributed by atoms with Crippen LogP contribution in [0.25, 0.3) is 0 Å². The highest BCUT2D eigenvalue weighted by molar-refractivity contribution is 5.70. The standard InChI is InChI=1S/C11H15N3O2/c1-8-12-4-2-10(13-8)7-14-5-3-9(6-14)11(15)16/h2,4,9H,3,5-7H2,1H3,(H,15,16). The van der Waals surface area contributed by atoms with Crippen LogP contribution in [0.3, 0.4) is 0 Å². The van der Waals surface area contributed by atoms with E-state index in [1.807, 2.05) is 13.0 Å². The molecular formula is C11H15N3O2. The second-order valence-electron chi connectivity index (χ2n) is 4.15. The Bertz CT molecular complexity index is 395. The summed E-state index contributed by atoms with van der Waals surface area (Å²) in [7, 11) is 0. The minimum absolute atomic E-state index is 0.220. The Morgan fingerprint density at radius 3 is 3.12 bits per heavy atom. The molecule has 0 spiro atoms. The Labute approximate surface area is 94.1 Å². The summed E-state index contributed by atoms with van der Waals surface area (Å²) in [6.45, 7) is 4.03. The Balaban J connectivity index is 1.94. The molecule has 1 aliphatic rings. The van der Waals surface area contributed by atoms with Crippen molar-refractivity contribution in [2.24, 2.45) is 5.92 Å². The first-order chi connectivity index (χ1) is 7.65. The Morgan fingerprint density at radius 1 is 1.69 bits per heavy atom. The normalized spacial score (nSPS) is 21.2. The number of rotatable bonds is 3. The number of carboxylic acids is 1. The zero-order valence-electron chi connectivity index (χ0n) is 9.26. The lowest BCUT2D eigenvalue weighted by Gasteiger charge is -2.14. The molecule has 1 aliphatic heterocycles. The Hall–Kier alpha value is -1.49. The highest BCUT2D eigenvalue weighted by atomic mass is 16.4. The van der Waals surface area contributed by atoms with E-state index in [4.69, 9.17) is 5.11 Å². The highest BCUT2D eigenvalue weighted by Gasteiger charge is 2.27. The van der Waals surface area contributed by atoms with Crippen LogP contribution >= 0.6 is 0 Å². The number of carbonyl (C=O) groups is 1. The van der Waals surface area contributed by atoms with Crippen molar-refractivity contribution in [1.82, 2.24) is 14.9 Å². The van der Waals surface area contributed by atoms with E-state index in [1.54, 1.807) is 6.20 Å². The number of hydrogen-bond acceptors (Lipinski definition) is 4. The number of aryl methyl sites for hydroxylation is 1. The molecule has 1 fully saturated rings. The van der Waals surface area contributed by atoms with E-state index >= 15 is 0 Å². The van der Waals surface area contributed by atoms with Crippen molar-refractivity contribution in [1.29, 1.82) is 0 Å². The van der Waals surface area contributed by atoms with Crippen molar-refractivity contribution < 1.29 is 9.90 Å². The molecule has 0 amide bonds. The van der Waals surface area contributed by atoms with E-state index in [9.17, 15) is 4.79 Å². The van der Waals surface area contributed by atoms with Gasteiger partial charge in [0, 0.05) is 19.3 Å². The molecule has 16 heavy (non-hydrogen) atoms. The second kappa shape index (κ2) is 4.57. The summed E-state index contributed by atoms with van der Waals surface area (Å²) >= 11 is 0. The fourth-order valence-corrected chi connectivity index (χ4v) is 2.00. The summed E-state index contributed by atoms with van der Waals surface area (Å²) < 4.78 is 0. The van der Waals surface area contributed by atoms with Gasteiger partial charge < -0.3 is 5.11 Å². The van der Waals surface area contributed by atoms with Gasteiger partial charge in [0.15, 0.2) is 0 Å². The lowest BCUT2D eigenvalue weighted by molar-refractivity contribution is -0.141. The summed E-state index contributed by atoms with van der Waals surface area (Å²) in [6.07, 6.45) is 2.47. The predicted octanol–water partition coefficient (Wildman–Crippen LogP) is 0.692. The van der Waals surface area contributed by atoms with Gasteiger partial charge in [-0.05, 0) is 26.0 Å². The molecule has 2 heterocycles. The zero-order valence-corrected chi connectivity index (χ0v) is 9.26. The largest absolute Gasteiger partial charge is 0.481 e. The molecule has 0 aliphatic carbocycles. The van der Waals surface area contributed by atoms with Crippen LogP contribution in [-0.2, 0) is 11.3 Å². The maximum Gasteiger partial charge on any atom is 0.307 e. The maximum absolute atomic E-state index is 10.8. The van der Waals surface area contributed by atoms with Gasteiger partial charge in [-0.2, -0.15) is 0 Å². The minimum Gasteiger partial charge on any atom is -0.481 e. The van der Waals surface area contributed by atoms with E-state index in [2.05, 4.69) is 14.9 Å². The van der Waals surface area contributed by atoms with Crippen LogP contribution < -0.4 is 0 Å². The Kier molecular flexibility index (Phi) is 3.14. The van der Waals surface area contributed by atoms with Gasteiger partial charge in [-0.3, -0.25) is 9.69 Å². The smallest absolute Gasteiger partial charge is 0.307 e. The molecule has 1 aromatic heterocycles. The van der Waals surface area contributed by atoms with Gasteiger partial charge in [0.1, 0.15) is 5.82 Å². The van der Waals surface area contributed by atoms with Gasteiger partial charge in [0.25, 0.3) is 0 Å². The third kappa shape index (κ3) is 2.55. The van der Waals surface area contributed by atoms with Crippen LogP contribution in [0.2, 0.25) is 0 Å². The van der Waals surface area contributed by atoms with Gasteiger partial charge in [0.2, 0.25) is 0 Å². The number of likely N-dealkylation sites (tertiary alicyclic amines) is 1. The van der Waals surface area contributed by atoms with Crippen molar-refractivity contribution in [3.63, 3.8) is 0 Å². The van der Waals surface area contributed by atoms with E-state index in [0.717, 1.165) is 24.5 Å². The summed E-state index contributed by atoms with van der Waals surface area (Å²) in [5.74, 6) is -0.157. The molecule has 0 saturated carbocycles. The summed E-state index contributed by atoms with van der Waals surface area (Å²) in [4.78, 5) is 21.3. The van der Waals surface area contributed by atoms with Gasteiger partial charge in [-0.15, -0.1) is 0 Å². The molecule has 0 radical (unpaired) electrons. The van der Waals surface area contributed by atoms with Crippen molar-refractivity contribution in [2.45, 2.75) is 19.9 Å². The fraction of sp³-hybridized carbons (Fsp3) is 0.545. The first kappa shape index (κ1) is 11.0. The number of carboxylic acid groups (broad SMARTS) is 1. The number of aliphatic carboxylic acids is 1. The molecular weight excluding hydrogens is 206 g/mol. The van der Waals surface area contributed by atoms with Crippen molar-refractivity contribution in [2.75, 3.05) is 13.1 Å². The third-order valence-electron chi connectivity index (χ3n) is 2.84. The lowest BCUT2D eigenvalue weighted by atomic mass is 10.1. The summed E-state index contributed by atoms with van der Waals surface area (Å²) in [6, 6.07) is 1.88. The van der Waals surface area contributed by atoms with Gasteiger partial charge in [-0.25, -0.2) is 9.97 Å². The van der Waals surface area contributed by atoms with Gasteiger partial charge >= 0.3 is 5.97 Å². The van der Waals surface area contributed by atoms with Crippen LogP contribution in [0.4, 0.5) is 0 Å². The molecule has 1 saturated heterocycles. The van der Waals surface area contributed by atoms with Crippen LogP contribution in [-0.4, -0.2) is 39.0 Å². The fourth-order valence-electron chi connectivity index (χ4n) is 2.00. The average molecular weight is 221 g/mol. The third-order valence-corrected chi connectivity index (χ3v) is 2.84. The minimum atomic E-state index is -0.693. The van der Waals surface area contributed by atoms with Crippen LogP contribution in [0, 0.1) is 12.8 Å². The second-order valence-corrected chi connectivity index (χ2v) is 4.15. The monoisotopic (exact) mass is 221 g/mol. The van der Waals surface area contributed by atoms with E-state index in [0.29, 0.717) is 13.1 Å². The Morgan fingerprint density at radius 2 is 2.50 bits per heavy atom. The molecule has 1 aromatic rings. The van der Waals surface area contributed by atoms with E-state index in [1.165, 1.54) is 0 Å². The zero-order chi connectivity index (χ0) is 11.5. The van der Waals surface area contributed by atoms with E-state index in [-0.39, 0.29) is 5.92 Å². The topological polar surface area (TPSA) is 66.3 Å². The van der Waals surface area contributed by atoms with Crippen molar-refractivity contribution in [3.8, 4) is 0 Å². The molecule has 2 rings (SSSR count). The number of nitrogens with zero attached hydrogens (tertiary/aromatic N) is 3. The molecule has 5 nitrogen and oxygen atoms in total. The summed E-state index contributed by atoms with van der Waals surface area (Å²) in [5, 5.41) is 8.89. The average Bonchev–Trinajstić information content (AvgIpc) is 2.66. The van der Waals surface area contributed by atoms with Crippen molar-refractivity contribution >= 4 is 5.97 Å². The predicted molar refractivity (Wildman–Crippen MR) is 57.8 cm³/mol. The highest BCUT2D eigenvalue weighted by Crippen LogP contribution is 2.17. The first-order valence-corrected chi connectivity index (χ1v) is 5.39. The number of aromatic nitrogens is 2. The molecule has 1 N–H and O–H groups in total. The molecule has 86 valence electrons. The van der Waals surface area contributed by atoms with Gasteiger partial charge in [-0.1, -0.05) is 0 Å². The molecule has 0 aromatic carbocycles. The van der Waals surface area contributed by atoms with Crippen LogP contribution in [0.1, 0.15) is 17.9 Å². The van der Waals surface area contributed by atoms with Gasteiger partial charge in [0.05, 0.1) is 11.6 Å². The summed E-state index contributed by atoms with van der Waals surface area (Å²) in [5.41, 5.74) is 0.957. The molecule has 1 atom stereocenters. The quantitative estimate of drug-likeness (QED) is 0.813. The van der Waals surface area contributed by atoms with Crippen LogP contribution in [0.5, 0.6) is 0 Å². The first-order valence-electron chi connectivity index (χ1n) is 5.39. The SMILES string of the molecule is Cc1nccc(CN2CCC(C(=O)O)C2)n1. The van der Waals surface area contributed by atoms with E-state index < -0.39 is 5.97 Å². The molecule has 1 unspecified atom stereocenters. The molecule has 5 heteroatoms.